The van der Waals surface area contributed by atoms with Crippen molar-refractivity contribution in [1.82, 2.24) is 0 Å². The molecule has 2 unspecified atom stereocenters. The lowest BCUT2D eigenvalue weighted by atomic mass is 10.00. The van der Waals surface area contributed by atoms with E-state index < -0.39 is 18.3 Å². The third-order valence-corrected chi connectivity index (χ3v) is 3.99. The molecule has 2 atom stereocenters. The Kier molecular flexibility index (Phi) is 3.28. The van der Waals surface area contributed by atoms with E-state index >= 15 is 0 Å². The fourth-order valence-corrected chi connectivity index (χ4v) is 2.88. The molecule has 2 aromatic carbocycles. The number of hydrogen-bond acceptors (Lipinski definition) is 5. The molecule has 0 amide bonds. The summed E-state index contributed by atoms with van der Waals surface area (Å²) >= 11 is 6.11. The van der Waals surface area contributed by atoms with Crippen molar-refractivity contribution in [2.24, 2.45) is 10.1 Å². The molecular weight excluding hydrogens is 321 g/mol. The average Bonchev–Trinajstić information content (AvgIpc) is 2.99. The Morgan fingerprint density at radius 1 is 1.17 bits per heavy atom. The number of nitrogens with zero attached hydrogens (tertiary/aromatic N) is 3. The van der Waals surface area contributed by atoms with Crippen molar-refractivity contribution < 1.29 is 14.3 Å². The van der Waals surface area contributed by atoms with Crippen LogP contribution < -0.4 is 4.90 Å². The minimum Gasteiger partial charge on any atom is -0.367 e. The maximum absolute atomic E-state index is 14.3. The van der Waals surface area contributed by atoms with Gasteiger partial charge in [-0.15, -0.1) is 0 Å². The first-order valence-corrected chi connectivity index (χ1v) is 7.31. The second-order valence-corrected chi connectivity index (χ2v) is 5.59. The SMILES string of the molecule is OC1N=C(c2ccccc2F)c2cc(Cl)ccc2N2C=NOC12. The van der Waals surface area contributed by atoms with E-state index in [1.165, 1.54) is 12.4 Å². The summed E-state index contributed by atoms with van der Waals surface area (Å²) in [5.41, 5.74) is 1.88. The molecule has 116 valence electrons. The molecule has 4 rings (SSSR count). The highest BCUT2D eigenvalue weighted by Crippen LogP contribution is 2.34. The topological polar surface area (TPSA) is 57.4 Å². The van der Waals surface area contributed by atoms with Crippen LogP contribution in [0.4, 0.5) is 10.1 Å². The number of halogens is 2. The van der Waals surface area contributed by atoms with Gasteiger partial charge in [0.15, 0.2) is 0 Å². The first kappa shape index (κ1) is 14.2. The second kappa shape index (κ2) is 5.33. The van der Waals surface area contributed by atoms with E-state index in [9.17, 15) is 9.50 Å². The fourth-order valence-electron chi connectivity index (χ4n) is 2.71. The minimum atomic E-state index is -1.22. The van der Waals surface area contributed by atoms with Crippen LogP contribution in [0.1, 0.15) is 11.1 Å². The second-order valence-electron chi connectivity index (χ2n) is 5.16. The van der Waals surface area contributed by atoms with Crippen molar-refractivity contribution >= 4 is 29.3 Å². The number of aliphatic hydroxyl groups is 1. The van der Waals surface area contributed by atoms with E-state index in [1.807, 2.05) is 0 Å². The Labute approximate surface area is 136 Å². The van der Waals surface area contributed by atoms with Crippen LogP contribution in [-0.4, -0.2) is 29.6 Å². The lowest BCUT2D eigenvalue weighted by Gasteiger charge is -2.22. The lowest BCUT2D eigenvalue weighted by Crippen LogP contribution is -2.39. The minimum absolute atomic E-state index is 0.285. The van der Waals surface area contributed by atoms with E-state index in [0.717, 1.165) is 0 Å². The highest BCUT2D eigenvalue weighted by atomic mass is 35.5. The Bertz CT molecular complexity index is 840. The summed E-state index contributed by atoms with van der Waals surface area (Å²) in [4.78, 5) is 11.1. The van der Waals surface area contributed by atoms with Gasteiger partial charge in [-0.1, -0.05) is 28.9 Å². The number of rotatable bonds is 1. The van der Waals surface area contributed by atoms with Gasteiger partial charge < -0.3 is 9.94 Å². The number of anilines is 1. The average molecular weight is 332 g/mol. The van der Waals surface area contributed by atoms with Gasteiger partial charge in [0.05, 0.1) is 11.4 Å². The zero-order valence-corrected chi connectivity index (χ0v) is 12.5. The summed E-state index contributed by atoms with van der Waals surface area (Å²) in [6, 6.07) is 11.4. The smallest absolute Gasteiger partial charge is 0.251 e. The van der Waals surface area contributed by atoms with Crippen LogP contribution in [0, 0.1) is 5.82 Å². The van der Waals surface area contributed by atoms with Crippen molar-refractivity contribution in [2.45, 2.75) is 12.5 Å². The maximum Gasteiger partial charge on any atom is 0.251 e. The molecule has 7 heteroatoms. The molecule has 2 heterocycles. The molecular formula is C16H11ClFN3O2. The highest BCUT2D eigenvalue weighted by molar-refractivity contribution is 6.31. The lowest BCUT2D eigenvalue weighted by molar-refractivity contribution is -0.0105. The molecule has 5 nitrogen and oxygen atoms in total. The van der Waals surface area contributed by atoms with Crippen molar-refractivity contribution in [3.8, 4) is 0 Å². The monoisotopic (exact) mass is 331 g/mol. The van der Waals surface area contributed by atoms with Crippen molar-refractivity contribution in [3.63, 3.8) is 0 Å². The molecule has 0 saturated heterocycles. The normalized spacial score (nSPS) is 22.0. The number of aliphatic hydroxyl groups excluding tert-OH is 1. The largest absolute Gasteiger partial charge is 0.367 e. The molecule has 0 radical (unpaired) electrons. The first-order chi connectivity index (χ1) is 11.1. The summed E-state index contributed by atoms with van der Waals surface area (Å²) < 4.78 is 14.3. The van der Waals surface area contributed by atoms with E-state index in [1.54, 1.807) is 41.3 Å². The standard InChI is InChI=1S/C16H11ClFN3O2/c17-9-5-6-13-11(7-9)14(10-3-1-2-4-12(10)18)20-15(22)16-21(13)8-19-23-16/h1-8,15-16,22H. The van der Waals surface area contributed by atoms with Crippen molar-refractivity contribution in [1.29, 1.82) is 0 Å². The summed E-state index contributed by atoms with van der Waals surface area (Å²) in [5.74, 6) is -0.430. The summed E-state index contributed by atoms with van der Waals surface area (Å²) in [6.45, 7) is 0. The van der Waals surface area contributed by atoms with Gasteiger partial charge >= 0.3 is 0 Å². The molecule has 0 spiro atoms. The fraction of sp³-hybridized carbons (Fsp3) is 0.125. The molecule has 0 aliphatic carbocycles. The van der Waals surface area contributed by atoms with E-state index in [4.69, 9.17) is 16.4 Å². The zero-order valence-electron chi connectivity index (χ0n) is 11.7. The molecule has 2 aromatic rings. The molecule has 2 aliphatic rings. The van der Waals surface area contributed by atoms with Gasteiger partial charge in [0.25, 0.3) is 6.23 Å². The number of oxime groups is 1. The number of benzene rings is 2. The number of hydrogen-bond donors (Lipinski definition) is 1. The van der Waals surface area contributed by atoms with Gasteiger partial charge in [0.1, 0.15) is 12.2 Å². The number of fused-ring (bicyclic) bond motifs is 3. The van der Waals surface area contributed by atoms with E-state index in [-0.39, 0.29) is 5.56 Å². The van der Waals surface area contributed by atoms with Gasteiger partial charge in [-0.25, -0.2) is 9.38 Å². The molecule has 1 N–H and O–H groups in total. The predicted molar refractivity (Wildman–Crippen MR) is 85.3 cm³/mol. The first-order valence-electron chi connectivity index (χ1n) is 6.93. The molecule has 23 heavy (non-hydrogen) atoms. The predicted octanol–water partition coefficient (Wildman–Crippen LogP) is 2.75. The Morgan fingerprint density at radius 2 is 2.00 bits per heavy atom. The van der Waals surface area contributed by atoms with Gasteiger partial charge in [0.2, 0.25) is 6.23 Å². The van der Waals surface area contributed by atoms with E-state index in [2.05, 4.69) is 10.1 Å². The molecule has 0 saturated carbocycles. The van der Waals surface area contributed by atoms with Crippen LogP contribution in [0.15, 0.2) is 52.6 Å². The van der Waals surface area contributed by atoms with Crippen LogP contribution in [0.2, 0.25) is 5.02 Å². The van der Waals surface area contributed by atoms with Crippen LogP contribution in [0.5, 0.6) is 0 Å². The Balaban J connectivity index is 1.98. The zero-order chi connectivity index (χ0) is 16.0. The van der Waals surface area contributed by atoms with Gasteiger partial charge in [-0.2, -0.15) is 0 Å². The third-order valence-electron chi connectivity index (χ3n) is 3.75. The Morgan fingerprint density at radius 3 is 2.83 bits per heavy atom. The molecule has 0 aromatic heterocycles. The summed E-state index contributed by atoms with van der Waals surface area (Å²) in [7, 11) is 0. The summed E-state index contributed by atoms with van der Waals surface area (Å²) in [6.07, 6.45) is -0.557. The third kappa shape index (κ3) is 2.27. The number of aliphatic imine (C=N–C) groups is 1. The van der Waals surface area contributed by atoms with Gasteiger partial charge in [-0.3, -0.25) is 4.90 Å². The van der Waals surface area contributed by atoms with Gasteiger partial charge in [-0.05, 0) is 30.3 Å². The van der Waals surface area contributed by atoms with Crippen molar-refractivity contribution in [2.75, 3.05) is 4.90 Å². The van der Waals surface area contributed by atoms with E-state index in [0.29, 0.717) is 22.0 Å². The maximum atomic E-state index is 14.3. The summed E-state index contributed by atoms with van der Waals surface area (Å²) in [5, 5.41) is 14.5. The van der Waals surface area contributed by atoms with Crippen LogP contribution in [-0.2, 0) is 4.84 Å². The Hall–Kier alpha value is -2.44. The molecule has 0 bridgehead atoms. The van der Waals surface area contributed by atoms with Crippen molar-refractivity contribution in [3.05, 3.63) is 64.4 Å². The molecule has 0 fully saturated rings. The van der Waals surface area contributed by atoms with Gasteiger partial charge in [0, 0.05) is 16.1 Å². The van der Waals surface area contributed by atoms with Crippen LogP contribution in [0.3, 0.4) is 0 Å². The quantitative estimate of drug-likeness (QED) is 0.874. The van der Waals surface area contributed by atoms with Crippen LogP contribution in [0.25, 0.3) is 0 Å². The highest BCUT2D eigenvalue weighted by Gasteiger charge is 2.37. The van der Waals surface area contributed by atoms with Crippen LogP contribution >= 0.6 is 11.6 Å². The molecule has 2 aliphatic heterocycles.